The molecule has 0 saturated carbocycles. The van der Waals surface area contributed by atoms with Gasteiger partial charge >= 0.3 is 0 Å². The van der Waals surface area contributed by atoms with Crippen molar-refractivity contribution in [2.75, 3.05) is 0 Å². The van der Waals surface area contributed by atoms with Crippen LogP contribution in [0.3, 0.4) is 0 Å². The van der Waals surface area contributed by atoms with E-state index in [4.69, 9.17) is 15.3 Å². The van der Waals surface area contributed by atoms with E-state index in [1.54, 1.807) is 0 Å². The molecule has 10 heteroatoms. The number of rotatable bonds is 0. The summed E-state index contributed by atoms with van der Waals surface area (Å²) in [6.45, 7) is 0. The van der Waals surface area contributed by atoms with Crippen LogP contribution in [0.4, 0.5) is 0 Å². The molecule has 0 unspecified atom stereocenters. The minimum absolute atomic E-state index is 0. The smallest absolute Gasteiger partial charge is 0.0689 e. The molecule has 0 rings (SSSR count). The number of hydrogen-bond donors (Lipinski definition) is 0. The molecule has 0 spiro atoms. The molecule has 0 aromatic carbocycles. The van der Waals surface area contributed by atoms with Crippen LogP contribution in [0.2, 0.25) is 0 Å². The van der Waals surface area contributed by atoms with E-state index in [9.17, 15) is 0 Å². The van der Waals surface area contributed by atoms with E-state index in [1.165, 1.54) is 0 Å². The number of nitrogens with zero attached hydrogens (tertiary/aromatic N) is 1. The summed E-state index contributed by atoms with van der Waals surface area (Å²) in [7, 11) is 0. The molecule has 1 radical (unpaired) electrons. The molecule has 0 aromatic rings. The first-order valence-corrected chi connectivity index (χ1v) is 0.548. The molecule has 73 valence electrons. The molecule has 10 heavy (non-hydrogen) atoms. The molecule has 0 aliphatic heterocycles. The first kappa shape index (κ1) is 82.1. The van der Waals surface area contributed by atoms with Crippen molar-refractivity contribution in [2.45, 2.75) is 0 Å². The van der Waals surface area contributed by atoms with Crippen molar-refractivity contribution in [3.05, 3.63) is 15.3 Å². The van der Waals surface area contributed by atoms with E-state index in [-0.39, 0.29) is 66.0 Å². The van der Waals surface area contributed by atoms with Gasteiger partial charge in [0.25, 0.3) is 0 Å². The third-order valence-corrected chi connectivity index (χ3v) is 0. The quantitative estimate of drug-likeness (QED) is 0.319. The van der Waals surface area contributed by atoms with E-state index in [1.807, 2.05) is 0 Å². The summed E-state index contributed by atoms with van der Waals surface area (Å²) in [5.74, 6) is 0. The fourth-order valence-electron chi connectivity index (χ4n) is 0. The van der Waals surface area contributed by atoms with Gasteiger partial charge in [0.1, 0.15) is 0 Å². The second-order valence-corrected chi connectivity index (χ2v) is 0.224. The topological polar surface area (TPSA) is 224 Å². The van der Waals surface area contributed by atoms with Crippen molar-refractivity contribution in [3.63, 3.8) is 0 Å². The fraction of sp³-hybridized carbons (Fsp3) is 0. The number of hydrogen-bond acceptors (Lipinski definition) is 3. The summed E-state index contributed by atoms with van der Waals surface area (Å²) in [5, 5.41) is 14.8. The Morgan fingerprint density at radius 2 is 0.800 bits per heavy atom. The summed E-state index contributed by atoms with van der Waals surface area (Å²) in [5.41, 5.74) is 0. The van der Waals surface area contributed by atoms with Crippen molar-refractivity contribution in [2.24, 2.45) is 0 Å². The molecule has 0 heterocycles. The maximum atomic E-state index is 8.25. The Labute approximate surface area is 86.1 Å². The van der Waals surface area contributed by atoms with Gasteiger partial charge in [-0.2, -0.15) is 0 Å². The van der Waals surface area contributed by atoms with Crippen molar-refractivity contribution >= 4 is 0 Å². The molecule has 0 saturated heterocycles. The molecule has 9 nitrogen and oxygen atoms in total. The van der Waals surface area contributed by atoms with Gasteiger partial charge in [-0.25, -0.2) is 0 Å². The predicted octanol–water partition coefficient (Wildman–Crippen LogP) is -4.36. The Kier molecular flexibility index (Phi) is 485. The Balaban J connectivity index is -0.00000000300. The van der Waals surface area contributed by atoms with Gasteiger partial charge in [-0.1, -0.05) is 0 Å². The average Bonchev–Trinajstić information content (AvgIpc) is 0.811. The van der Waals surface area contributed by atoms with Crippen LogP contribution in [0.5, 0.6) is 0 Å². The van der Waals surface area contributed by atoms with E-state index < -0.39 is 5.09 Å². The SMILES string of the molecule is O.O.O.O.O.O=[N+]([O-])[O-].[Tb]. The fourth-order valence-corrected chi connectivity index (χ4v) is 0. The maximum absolute atomic E-state index is 8.25. The normalized spacial score (nSPS) is 2.40. The molecular formula is H10NO8Tb-. The van der Waals surface area contributed by atoms with Gasteiger partial charge in [0, 0.05) is 38.6 Å². The van der Waals surface area contributed by atoms with E-state index in [0.717, 1.165) is 0 Å². The summed E-state index contributed by atoms with van der Waals surface area (Å²) in [6.07, 6.45) is 0. The van der Waals surface area contributed by atoms with Crippen molar-refractivity contribution < 1.29 is 71.1 Å². The first-order chi connectivity index (χ1) is 1.73. The third kappa shape index (κ3) is 5390. The maximum Gasteiger partial charge on any atom is 0.0689 e. The largest absolute Gasteiger partial charge is 0.412 e. The molecular weight excluding hydrogens is 301 g/mol. The van der Waals surface area contributed by atoms with Crippen LogP contribution in [0.1, 0.15) is 0 Å². The van der Waals surface area contributed by atoms with E-state index in [0.29, 0.717) is 0 Å². The minimum Gasteiger partial charge on any atom is -0.412 e. The minimum atomic E-state index is -1.75. The summed E-state index contributed by atoms with van der Waals surface area (Å²) < 4.78 is 0. The predicted molar refractivity (Wildman–Crippen MR) is 28.4 cm³/mol. The van der Waals surface area contributed by atoms with Crippen LogP contribution >= 0.6 is 0 Å². The Hall–Kier alpha value is 0.286. The van der Waals surface area contributed by atoms with Crippen LogP contribution in [0, 0.1) is 53.9 Å². The summed E-state index contributed by atoms with van der Waals surface area (Å²) in [6, 6.07) is 0. The van der Waals surface area contributed by atoms with Gasteiger partial charge in [0.2, 0.25) is 0 Å². The second-order valence-electron chi connectivity index (χ2n) is 0.224. The molecule has 0 amide bonds. The molecule has 0 aliphatic rings. The van der Waals surface area contributed by atoms with Crippen molar-refractivity contribution in [3.8, 4) is 0 Å². The molecule has 0 bridgehead atoms. The van der Waals surface area contributed by atoms with Gasteiger partial charge < -0.3 is 42.7 Å². The van der Waals surface area contributed by atoms with Gasteiger partial charge in [-0.3, -0.25) is 0 Å². The zero-order chi connectivity index (χ0) is 3.58. The van der Waals surface area contributed by atoms with Crippen LogP contribution in [-0.2, 0) is 0 Å². The van der Waals surface area contributed by atoms with Crippen LogP contribution in [0.15, 0.2) is 0 Å². The van der Waals surface area contributed by atoms with Gasteiger partial charge in [0.15, 0.2) is 0 Å². The molecule has 0 atom stereocenters. The van der Waals surface area contributed by atoms with Gasteiger partial charge in [-0.05, 0) is 0 Å². The zero-order valence-electron chi connectivity index (χ0n) is 4.51. The summed E-state index contributed by atoms with van der Waals surface area (Å²) in [4.78, 5) is 8.25. The van der Waals surface area contributed by atoms with Gasteiger partial charge in [-0.15, -0.1) is 0 Å². The Bertz CT molecular complexity index is 32.2. The monoisotopic (exact) mass is 311 g/mol. The van der Waals surface area contributed by atoms with E-state index >= 15 is 0 Å². The second kappa shape index (κ2) is 59.0. The van der Waals surface area contributed by atoms with Crippen LogP contribution < -0.4 is 0 Å². The Morgan fingerprint density at radius 1 is 0.800 bits per heavy atom. The third-order valence-electron chi connectivity index (χ3n) is 0. The molecule has 0 fully saturated rings. The van der Waals surface area contributed by atoms with Crippen molar-refractivity contribution in [1.82, 2.24) is 0 Å². The Morgan fingerprint density at radius 3 is 0.800 bits per heavy atom. The van der Waals surface area contributed by atoms with Crippen LogP contribution in [-0.4, -0.2) is 32.5 Å². The van der Waals surface area contributed by atoms with Gasteiger partial charge in [0.05, 0.1) is 5.09 Å². The summed E-state index contributed by atoms with van der Waals surface area (Å²) >= 11 is 0. The van der Waals surface area contributed by atoms with Crippen molar-refractivity contribution in [1.29, 1.82) is 0 Å². The standard InChI is InChI=1S/NO3.5H2O.Tb/c2-1(3)4;;;;;;/h;5*1H2;/q-1;;;;;;. The van der Waals surface area contributed by atoms with Crippen LogP contribution in [0.25, 0.3) is 0 Å². The van der Waals surface area contributed by atoms with E-state index in [2.05, 4.69) is 0 Å². The zero-order valence-corrected chi connectivity index (χ0v) is 6.64. The molecule has 10 N–H and O–H groups in total. The first-order valence-electron chi connectivity index (χ1n) is 0.548. The molecule has 0 aliphatic carbocycles. The average molecular weight is 311 g/mol. The molecule has 0 aromatic heterocycles.